The summed E-state index contributed by atoms with van der Waals surface area (Å²) >= 11 is 0. The molecule has 0 amide bonds. The number of rotatable bonds is 7. The number of aromatic nitrogens is 1. The third kappa shape index (κ3) is 4.18. The van der Waals surface area contributed by atoms with Crippen LogP contribution in [0.2, 0.25) is 0 Å². The van der Waals surface area contributed by atoms with Gasteiger partial charge in [-0.3, -0.25) is 4.90 Å². The Morgan fingerprint density at radius 1 is 1.26 bits per heavy atom. The number of morpholine rings is 1. The number of cyclic esters (lactones) is 1. The summed E-state index contributed by atoms with van der Waals surface area (Å²) in [5, 5.41) is 25.4. The molecule has 3 N–H and O–H groups in total. The number of hydrogen-bond donors (Lipinski definition) is 3. The van der Waals surface area contributed by atoms with E-state index in [1.807, 2.05) is 24.3 Å². The van der Waals surface area contributed by atoms with Crippen LogP contribution < -0.4 is 5.32 Å². The highest BCUT2D eigenvalue weighted by Gasteiger charge is 2.71. The maximum absolute atomic E-state index is 12.8. The van der Waals surface area contributed by atoms with Crippen LogP contribution in [0.25, 0.3) is 0 Å². The monoisotopic (exact) mass is 527 g/mol. The summed E-state index contributed by atoms with van der Waals surface area (Å²) in [4.78, 5) is 19.8. The highest BCUT2D eigenvalue weighted by Crippen LogP contribution is 2.67. The first kappa shape index (κ1) is 26.2. The minimum absolute atomic E-state index is 0.0576. The van der Waals surface area contributed by atoms with Crippen LogP contribution in [-0.2, 0) is 19.0 Å². The molecule has 0 aromatic carbocycles. The van der Waals surface area contributed by atoms with E-state index in [-0.39, 0.29) is 54.1 Å². The summed E-state index contributed by atoms with van der Waals surface area (Å²) in [5.74, 6) is 0.614. The van der Waals surface area contributed by atoms with Gasteiger partial charge in [-0.05, 0) is 61.1 Å². The minimum Gasteiger partial charge on any atom is -0.458 e. The average molecular weight is 528 g/mol. The molecule has 4 fully saturated rings. The number of carbonyl (C=O) groups excluding carboxylic acids is 1. The van der Waals surface area contributed by atoms with Gasteiger partial charge in [-0.2, -0.15) is 0 Å². The first-order valence-corrected chi connectivity index (χ1v) is 14.1. The van der Waals surface area contributed by atoms with Crippen molar-refractivity contribution in [3.63, 3.8) is 0 Å². The Kier molecular flexibility index (Phi) is 6.79. The van der Waals surface area contributed by atoms with Crippen LogP contribution in [0.4, 0.5) is 5.82 Å². The van der Waals surface area contributed by atoms with E-state index < -0.39 is 11.5 Å². The van der Waals surface area contributed by atoms with Crippen LogP contribution in [0.1, 0.15) is 39.5 Å². The molecule has 1 spiro atoms. The van der Waals surface area contributed by atoms with Crippen molar-refractivity contribution in [1.82, 2.24) is 9.88 Å². The summed E-state index contributed by atoms with van der Waals surface area (Å²) in [6.07, 6.45) is 6.09. The first-order chi connectivity index (χ1) is 18.3. The Morgan fingerprint density at radius 3 is 2.68 bits per heavy atom. The zero-order valence-corrected chi connectivity index (χ0v) is 22.5. The molecule has 0 bridgehead atoms. The van der Waals surface area contributed by atoms with Gasteiger partial charge in [-0.15, -0.1) is 0 Å². The predicted octanol–water partition coefficient (Wildman–Crippen LogP) is 2.00. The van der Waals surface area contributed by atoms with E-state index in [0.717, 1.165) is 25.9 Å². The fraction of sp³-hybridized carbons (Fsp3) is 0.724. The van der Waals surface area contributed by atoms with Gasteiger partial charge in [0.2, 0.25) is 0 Å². The number of ether oxygens (including phenoxy) is 3. The Bertz CT molecular complexity index is 1060. The molecule has 9 heteroatoms. The Hall–Kier alpha value is -2.04. The average Bonchev–Trinajstić information content (AvgIpc) is 3.60. The van der Waals surface area contributed by atoms with Crippen LogP contribution in [0, 0.1) is 22.7 Å². The molecule has 8 atom stereocenters. The molecule has 208 valence electrons. The maximum Gasteiger partial charge on any atom is 0.336 e. The molecular weight excluding hydrogens is 486 g/mol. The molecule has 1 aromatic heterocycles. The number of epoxide rings is 1. The van der Waals surface area contributed by atoms with Gasteiger partial charge in [0.15, 0.2) is 0 Å². The largest absolute Gasteiger partial charge is 0.458 e. The van der Waals surface area contributed by atoms with Gasteiger partial charge < -0.3 is 29.7 Å². The van der Waals surface area contributed by atoms with Crippen LogP contribution in [0.5, 0.6) is 0 Å². The fourth-order valence-corrected chi connectivity index (χ4v) is 8.40. The molecule has 2 saturated carbocycles. The number of aliphatic hydroxyl groups is 2. The minimum atomic E-state index is -0.609. The zero-order chi connectivity index (χ0) is 26.5. The topological polar surface area (TPSA) is 117 Å². The number of anilines is 1. The van der Waals surface area contributed by atoms with Gasteiger partial charge in [0.05, 0.1) is 44.1 Å². The van der Waals surface area contributed by atoms with Crippen LogP contribution in [0.15, 0.2) is 36.0 Å². The van der Waals surface area contributed by atoms with Gasteiger partial charge in [-0.1, -0.05) is 19.9 Å². The number of pyridine rings is 1. The zero-order valence-electron chi connectivity index (χ0n) is 22.5. The molecule has 9 nitrogen and oxygen atoms in total. The lowest BCUT2D eigenvalue weighted by Crippen LogP contribution is -2.68. The molecule has 0 radical (unpaired) electrons. The highest BCUT2D eigenvalue weighted by molar-refractivity contribution is 5.92. The second-order valence-electron chi connectivity index (χ2n) is 12.4. The van der Waals surface area contributed by atoms with E-state index in [9.17, 15) is 15.0 Å². The van der Waals surface area contributed by atoms with E-state index >= 15 is 0 Å². The smallest absolute Gasteiger partial charge is 0.336 e. The number of esters is 1. The molecular formula is C29H41N3O6. The molecule has 4 heterocycles. The summed E-state index contributed by atoms with van der Waals surface area (Å²) in [6.45, 7) is 8.38. The Labute approximate surface area is 224 Å². The van der Waals surface area contributed by atoms with Gasteiger partial charge in [0, 0.05) is 30.7 Å². The van der Waals surface area contributed by atoms with Crippen LogP contribution in [-0.4, -0.2) is 96.0 Å². The number of aliphatic hydroxyl groups excluding tert-OH is 2. The van der Waals surface area contributed by atoms with Crippen molar-refractivity contribution in [2.75, 3.05) is 51.4 Å². The number of hydrogen-bond acceptors (Lipinski definition) is 9. The summed E-state index contributed by atoms with van der Waals surface area (Å²) < 4.78 is 17.5. The van der Waals surface area contributed by atoms with Crippen molar-refractivity contribution in [3.05, 3.63) is 36.0 Å². The lowest BCUT2D eigenvalue weighted by atomic mass is 9.43. The van der Waals surface area contributed by atoms with Crippen molar-refractivity contribution >= 4 is 11.8 Å². The third-order valence-electron chi connectivity index (χ3n) is 10.6. The number of nitrogens with one attached hydrogen (secondary N) is 1. The van der Waals surface area contributed by atoms with Gasteiger partial charge >= 0.3 is 5.97 Å². The number of nitrogens with zero attached hydrogens (tertiary/aromatic N) is 2. The molecule has 2 saturated heterocycles. The van der Waals surface area contributed by atoms with E-state index in [2.05, 4.69) is 29.0 Å². The van der Waals surface area contributed by atoms with Crippen molar-refractivity contribution in [3.8, 4) is 0 Å². The predicted molar refractivity (Wildman–Crippen MR) is 140 cm³/mol. The number of carbonyl (C=O) groups is 1. The maximum atomic E-state index is 12.8. The molecule has 6 rings (SSSR count). The molecule has 38 heavy (non-hydrogen) atoms. The van der Waals surface area contributed by atoms with E-state index in [0.29, 0.717) is 44.1 Å². The van der Waals surface area contributed by atoms with Gasteiger partial charge in [0.1, 0.15) is 18.0 Å². The van der Waals surface area contributed by atoms with Gasteiger partial charge in [0.25, 0.3) is 0 Å². The van der Waals surface area contributed by atoms with Crippen molar-refractivity contribution in [2.45, 2.75) is 63.3 Å². The summed E-state index contributed by atoms with van der Waals surface area (Å²) in [6, 6.07) is 5.59. The molecule has 3 aliphatic heterocycles. The highest BCUT2D eigenvalue weighted by atomic mass is 16.6. The van der Waals surface area contributed by atoms with E-state index in [1.165, 1.54) is 0 Å². The van der Waals surface area contributed by atoms with Crippen molar-refractivity contribution < 1.29 is 29.2 Å². The standard InChI is InChI=1S/C29H41N3O6/c1-27-8-6-24(34)28(2,17-33)21(27)16-23(32-10-13-36-14-11-32)29(18-38-29)22(27)15-20(19-7-12-37-26(19)35)31-25-5-3-4-9-30-25/h3-5,7,9,20-24,33-34H,6,8,10-18H2,1-2H3,(H,30,31)/t20?,21?,22?,23?,24-,27+,28+,29?/m1/s1. The van der Waals surface area contributed by atoms with Crippen LogP contribution >= 0.6 is 0 Å². The molecule has 1 aromatic rings. The lowest BCUT2D eigenvalue weighted by molar-refractivity contribution is -0.197. The lowest BCUT2D eigenvalue weighted by Gasteiger charge is -2.64. The molecule has 5 unspecified atom stereocenters. The fourth-order valence-electron chi connectivity index (χ4n) is 8.40. The molecule has 5 aliphatic rings. The normalized spacial score (nSPS) is 41.8. The second kappa shape index (κ2) is 9.86. The Morgan fingerprint density at radius 2 is 2.05 bits per heavy atom. The number of fused-ring (bicyclic) bond motifs is 1. The second-order valence-corrected chi connectivity index (χ2v) is 12.4. The van der Waals surface area contributed by atoms with E-state index in [4.69, 9.17) is 14.2 Å². The van der Waals surface area contributed by atoms with Crippen molar-refractivity contribution in [1.29, 1.82) is 0 Å². The quantitative estimate of drug-likeness (QED) is 0.362. The summed E-state index contributed by atoms with van der Waals surface area (Å²) in [7, 11) is 0. The van der Waals surface area contributed by atoms with Crippen molar-refractivity contribution in [2.24, 2.45) is 22.7 Å². The molecule has 2 aliphatic carbocycles. The summed E-state index contributed by atoms with van der Waals surface area (Å²) in [5.41, 5.74) is -0.500. The SMILES string of the molecule is C[C@]12CC[C@@H](O)[C@@](C)(CO)C1CC(N1CCOCC1)C1(CO1)C2CC(Nc1ccccn1)C1=CCOC1=O. The Balaban J connectivity index is 1.41. The third-order valence-corrected chi connectivity index (χ3v) is 10.6. The van der Waals surface area contributed by atoms with Crippen LogP contribution in [0.3, 0.4) is 0 Å². The van der Waals surface area contributed by atoms with E-state index in [1.54, 1.807) is 6.20 Å². The first-order valence-electron chi connectivity index (χ1n) is 14.1. The van der Waals surface area contributed by atoms with Gasteiger partial charge in [-0.25, -0.2) is 9.78 Å².